The van der Waals surface area contributed by atoms with Crippen molar-refractivity contribution in [2.45, 2.75) is 0 Å². The molecule has 0 spiro atoms. The predicted octanol–water partition coefficient (Wildman–Crippen LogP) is 13.8. The summed E-state index contributed by atoms with van der Waals surface area (Å²) < 4.78 is 15.1. The van der Waals surface area contributed by atoms with E-state index < -0.39 is 0 Å². The average molecular weight is 749 g/mol. The molecule has 4 heterocycles. The Kier molecular flexibility index (Phi) is 7.00. The van der Waals surface area contributed by atoms with Crippen molar-refractivity contribution in [1.29, 1.82) is 0 Å². The molecule has 12 rings (SSSR count). The summed E-state index contributed by atoms with van der Waals surface area (Å²) in [7, 11) is 0. The first-order valence-corrected chi connectivity index (χ1v) is 19.6. The minimum atomic E-state index is 0.584. The lowest BCUT2D eigenvalue weighted by molar-refractivity contribution is 0.623. The smallest absolute Gasteiger partial charge is 0.227 e. The molecule has 0 aliphatic rings. The van der Waals surface area contributed by atoms with Gasteiger partial charge in [0, 0.05) is 53.2 Å². The monoisotopic (exact) mass is 748 g/mol. The second-order valence-corrected chi connectivity index (χ2v) is 15.3. The number of para-hydroxylation sites is 1. The van der Waals surface area contributed by atoms with Crippen molar-refractivity contribution in [1.82, 2.24) is 19.9 Å². The van der Waals surface area contributed by atoms with Gasteiger partial charge in [0.1, 0.15) is 16.7 Å². The molecule has 0 amide bonds. The molecule has 0 radical (unpaired) electrons. The van der Waals surface area contributed by atoms with E-state index in [1.54, 1.807) is 11.3 Å². The summed E-state index contributed by atoms with van der Waals surface area (Å²) in [4.78, 5) is 20.6. The summed E-state index contributed by atoms with van der Waals surface area (Å²) in [6.07, 6.45) is 0. The first-order chi connectivity index (χ1) is 28.2. The van der Waals surface area contributed by atoms with Crippen LogP contribution in [0.2, 0.25) is 0 Å². The van der Waals surface area contributed by atoms with Crippen LogP contribution < -0.4 is 0 Å². The van der Waals surface area contributed by atoms with Crippen LogP contribution in [0.1, 0.15) is 0 Å². The summed E-state index contributed by atoms with van der Waals surface area (Å²) >= 11 is 1.76. The van der Waals surface area contributed by atoms with Crippen LogP contribution in [0, 0.1) is 0 Å². The maximum Gasteiger partial charge on any atom is 0.227 e. The molecule has 6 nitrogen and oxygen atoms in total. The molecule has 266 valence electrons. The second-order valence-electron chi connectivity index (χ2n) is 14.2. The van der Waals surface area contributed by atoms with E-state index in [4.69, 9.17) is 28.8 Å². The summed E-state index contributed by atoms with van der Waals surface area (Å²) in [5.74, 6) is 2.38. The largest absolute Gasteiger partial charge is 0.456 e. The van der Waals surface area contributed by atoms with Crippen molar-refractivity contribution in [3.05, 3.63) is 170 Å². The summed E-state index contributed by atoms with van der Waals surface area (Å²) in [5, 5.41) is 6.49. The highest BCUT2D eigenvalue weighted by Gasteiger charge is 2.20. The van der Waals surface area contributed by atoms with E-state index in [0.29, 0.717) is 23.4 Å². The van der Waals surface area contributed by atoms with Gasteiger partial charge in [0.05, 0.1) is 0 Å². The Morgan fingerprint density at radius 2 is 1.00 bits per heavy atom. The topological polar surface area (TPSA) is 77.8 Å². The lowest BCUT2D eigenvalue weighted by Crippen LogP contribution is -2.01. The number of thiophene rings is 1. The van der Waals surface area contributed by atoms with E-state index in [-0.39, 0.29) is 0 Å². The van der Waals surface area contributed by atoms with Gasteiger partial charge in [0.15, 0.2) is 23.1 Å². The maximum atomic E-state index is 6.58. The van der Waals surface area contributed by atoms with Crippen LogP contribution in [-0.2, 0) is 0 Å². The van der Waals surface area contributed by atoms with Crippen LogP contribution in [0.25, 0.3) is 121 Å². The Hall–Kier alpha value is -7.48. The number of rotatable bonds is 5. The number of aromatic nitrogens is 4. The van der Waals surface area contributed by atoms with Gasteiger partial charge in [-0.3, -0.25) is 0 Å². The zero-order chi connectivity index (χ0) is 37.5. The van der Waals surface area contributed by atoms with E-state index in [9.17, 15) is 0 Å². The molecule has 0 N–H and O–H groups in total. The Balaban J connectivity index is 1.09. The van der Waals surface area contributed by atoms with Gasteiger partial charge in [-0.1, -0.05) is 109 Å². The first kappa shape index (κ1) is 31.8. The van der Waals surface area contributed by atoms with Gasteiger partial charge in [-0.05, 0) is 82.6 Å². The third kappa shape index (κ3) is 5.17. The highest BCUT2D eigenvalue weighted by molar-refractivity contribution is 7.26. The highest BCUT2D eigenvalue weighted by Crippen LogP contribution is 2.44. The van der Waals surface area contributed by atoms with Crippen molar-refractivity contribution in [3.8, 4) is 56.7 Å². The first-order valence-electron chi connectivity index (χ1n) is 18.8. The molecule has 0 fully saturated rings. The van der Waals surface area contributed by atoms with Crippen LogP contribution in [0.5, 0.6) is 0 Å². The molecule has 0 unspecified atom stereocenters. The third-order valence-corrected chi connectivity index (χ3v) is 11.9. The van der Waals surface area contributed by atoms with E-state index in [2.05, 4.69) is 97.1 Å². The molecule has 0 aliphatic heterocycles. The summed E-state index contributed by atoms with van der Waals surface area (Å²) in [6.45, 7) is 0. The minimum absolute atomic E-state index is 0.584. The van der Waals surface area contributed by atoms with Crippen LogP contribution in [0.15, 0.2) is 179 Å². The standard InChI is InChI=1S/C50H28N4O2S/c1-3-11-29(12-4-1)34-15-7-8-17-36(34)49-53-47(52-48(54-49)33-21-24-41-38(28-33)35-16-9-10-18-40(35)55-41)32-20-19-30-22-25-42-44(37(30)27-32)45-43(57-42)26-23-39-46(45)56-50(51-39)31-13-5-2-6-14-31/h1-28H. The number of benzene rings is 8. The molecule has 0 bridgehead atoms. The van der Waals surface area contributed by atoms with Gasteiger partial charge in [-0.25, -0.2) is 19.9 Å². The zero-order valence-electron chi connectivity index (χ0n) is 30.2. The van der Waals surface area contributed by atoms with Crippen molar-refractivity contribution < 1.29 is 8.83 Å². The highest BCUT2D eigenvalue weighted by atomic mass is 32.1. The van der Waals surface area contributed by atoms with Gasteiger partial charge >= 0.3 is 0 Å². The van der Waals surface area contributed by atoms with E-state index >= 15 is 0 Å². The number of hydrogen-bond donors (Lipinski definition) is 0. The van der Waals surface area contributed by atoms with Gasteiger partial charge in [0.2, 0.25) is 5.89 Å². The molecule has 0 atom stereocenters. The van der Waals surface area contributed by atoms with Crippen LogP contribution in [-0.4, -0.2) is 19.9 Å². The van der Waals surface area contributed by atoms with Crippen molar-refractivity contribution in [2.75, 3.05) is 0 Å². The molecule has 0 aliphatic carbocycles. The van der Waals surface area contributed by atoms with Gasteiger partial charge in [-0.2, -0.15) is 0 Å². The molecule has 8 aromatic carbocycles. The molecule has 0 saturated heterocycles. The SMILES string of the molecule is c1ccc(-c2nc3ccc4sc5ccc6ccc(-c7nc(-c8ccc9oc%10ccccc%10c9c8)nc(-c8ccccc8-c8ccccc8)n7)cc6c5c4c3o2)cc1. The van der Waals surface area contributed by atoms with Crippen molar-refractivity contribution in [2.24, 2.45) is 0 Å². The number of nitrogens with zero attached hydrogens (tertiary/aromatic N) is 4. The van der Waals surface area contributed by atoms with Crippen molar-refractivity contribution in [3.63, 3.8) is 0 Å². The predicted molar refractivity (Wildman–Crippen MR) is 232 cm³/mol. The number of hydrogen-bond acceptors (Lipinski definition) is 7. The number of furan rings is 1. The van der Waals surface area contributed by atoms with Crippen LogP contribution in [0.3, 0.4) is 0 Å². The number of fused-ring (bicyclic) bond motifs is 10. The zero-order valence-corrected chi connectivity index (χ0v) is 31.0. The number of oxazole rings is 1. The van der Waals surface area contributed by atoms with E-state index in [0.717, 1.165) is 92.7 Å². The lowest BCUT2D eigenvalue weighted by atomic mass is 9.99. The second kappa shape index (κ2) is 12.5. The van der Waals surface area contributed by atoms with Gasteiger partial charge in [0.25, 0.3) is 0 Å². The molecule has 12 aromatic rings. The average Bonchev–Trinajstić information content (AvgIpc) is 4.00. The summed E-state index contributed by atoms with van der Waals surface area (Å²) in [6, 6.07) is 58.1. The maximum absolute atomic E-state index is 6.58. The van der Waals surface area contributed by atoms with Gasteiger partial charge < -0.3 is 8.83 Å². The fourth-order valence-electron chi connectivity index (χ4n) is 8.07. The molecule has 4 aromatic heterocycles. The Bertz CT molecular complexity index is 3530. The molecule has 57 heavy (non-hydrogen) atoms. The Labute approximate surface area is 329 Å². The van der Waals surface area contributed by atoms with Crippen molar-refractivity contribution >= 4 is 75.3 Å². The molecular weight excluding hydrogens is 721 g/mol. The summed E-state index contributed by atoms with van der Waals surface area (Å²) in [5.41, 5.74) is 9.08. The van der Waals surface area contributed by atoms with E-state index in [1.165, 1.54) is 4.70 Å². The van der Waals surface area contributed by atoms with Crippen LogP contribution in [0.4, 0.5) is 0 Å². The van der Waals surface area contributed by atoms with E-state index in [1.807, 2.05) is 72.8 Å². The Morgan fingerprint density at radius 1 is 0.386 bits per heavy atom. The minimum Gasteiger partial charge on any atom is -0.456 e. The lowest BCUT2D eigenvalue weighted by Gasteiger charge is -2.12. The van der Waals surface area contributed by atoms with Crippen LogP contribution >= 0.6 is 11.3 Å². The fraction of sp³-hybridized carbons (Fsp3) is 0. The quantitative estimate of drug-likeness (QED) is 0.174. The molecular formula is C50H28N4O2S. The normalized spacial score (nSPS) is 11.9. The van der Waals surface area contributed by atoms with Gasteiger partial charge in [-0.15, -0.1) is 11.3 Å². The third-order valence-electron chi connectivity index (χ3n) is 10.8. The molecule has 0 saturated carbocycles. The molecule has 7 heteroatoms. The fourth-order valence-corrected chi connectivity index (χ4v) is 9.19. The Morgan fingerprint density at radius 3 is 1.82 bits per heavy atom.